The monoisotopic (exact) mass is 523 g/mol. The molecular formula is C21H26IN5OS. The molecule has 6 nitrogen and oxygen atoms in total. The van der Waals surface area contributed by atoms with Crippen LogP contribution in [-0.4, -0.2) is 23.0 Å². The number of hydrogen-bond acceptors (Lipinski definition) is 5. The van der Waals surface area contributed by atoms with Gasteiger partial charge in [-0.3, -0.25) is 4.99 Å². The van der Waals surface area contributed by atoms with Crippen LogP contribution in [0.15, 0.2) is 47.7 Å². The number of pyridine rings is 1. The van der Waals surface area contributed by atoms with E-state index < -0.39 is 0 Å². The molecular weight excluding hydrogens is 497 g/mol. The van der Waals surface area contributed by atoms with Crippen molar-refractivity contribution in [2.45, 2.75) is 33.9 Å². The Morgan fingerprint density at radius 3 is 2.52 bits per heavy atom. The number of benzene rings is 1. The number of rotatable bonds is 6. The number of guanidine groups is 1. The smallest absolute Gasteiger partial charge is 0.219 e. The van der Waals surface area contributed by atoms with Crippen molar-refractivity contribution >= 4 is 41.3 Å². The van der Waals surface area contributed by atoms with Gasteiger partial charge in [0.2, 0.25) is 5.88 Å². The van der Waals surface area contributed by atoms with Crippen molar-refractivity contribution in [1.29, 1.82) is 0 Å². The number of halogens is 1. The highest BCUT2D eigenvalue weighted by Crippen LogP contribution is 2.22. The lowest BCUT2D eigenvalue weighted by Crippen LogP contribution is -2.36. The Bertz CT molecular complexity index is 973. The zero-order chi connectivity index (χ0) is 19.9. The van der Waals surface area contributed by atoms with Crippen molar-refractivity contribution in [3.05, 3.63) is 69.3 Å². The van der Waals surface area contributed by atoms with Crippen molar-refractivity contribution in [3.8, 4) is 11.6 Å². The fourth-order valence-corrected chi connectivity index (χ4v) is 3.29. The largest absolute Gasteiger partial charge is 0.439 e. The standard InChI is InChI=1S/C21H25N5OS.HI/c1-14-5-6-18(9-15(14)2)27-19-10-17(7-8-23-19)12-25-21(22-4)26-13-20-24-11-16(3)28-20;/h5-11H,12-13H2,1-4H3,(H2,22,25,26);1H. The zero-order valence-corrected chi connectivity index (χ0v) is 20.2. The van der Waals surface area contributed by atoms with Crippen molar-refractivity contribution in [1.82, 2.24) is 20.6 Å². The van der Waals surface area contributed by atoms with Crippen molar-refractivity contribution in [2.75, 3.05) is 7.05 Å². The molecule has 0 aliphatic carbocycles. The van der Waals surface area contributed by atoms with Crippen LogP contribution in [-0.2, 0) is 13.1 Å². The van der Waals surface area contributed by atoms with Crippen LogP contribution in [0, 0.1) is 20.8 Å². The van der Waals surface area contributed by atoms with E-state index >= 15 is 0 Å². The summed E-state index contributed by atoms with van der Waals surface area (Å²) in [6.07, 6.45) is 3.63. The number of thiazole rings is 1. The summed E-state index contributed by atoms with van der Waals surface area (Å²) in [7, 11) is 1.75. The first-order valence-corrected chi connectivity index (χ1v) is 9.91. The molecule has 1 aromatic carbocycles. The molecule has 0 amide bonds. The van der Waals surface area contributed by atoms with Gasteiger partial charge in [0.25, 0.3) is 0 Å². The third-order valence-corrected chi connectivity index (χ3v) is 5.17. The lowest BCUT2D eigenvalue weighted by molar-refractivity contribution is 0.461. The molecule has 8 heteroatoms. The second-order valence-electron chi connectivity index (χ2n) is 6.49. The number of nitrogens with one attached hydrogen (secondary N) is 2. The Hall–Kier alpha value is -2.20. The fourth-order valence-electron chi connectivity index (χ4n) is 2.56. The minimum absolute atomic E-state index is 0. The molecule has 154 valence electrons. The number of ether oxygens (including phenoxy) is 1. The predicted molar refractivity (Wildman–Crippen MR) is 130 cm³/mol. The van der Waals surface area contributed by atoms with Gasteiger partial charge in [0.05, 0.1) is 6.54 Å². The molecule has 0 saturated carbocycles. The molecule has 0 fully saturated rings. The summed E-state index contributed by atoms with van der Waals surface area (Å²) in [6.45, 7) is 7.47. The quantitative estimate of drug-likeness (QED) is 0.278. The molecule has 29 heavy (non-hydrogen) atoms. The Morgan fingerprint density at radius 1 is 1.03 bits per heavy atom. The Morgan fingerprint density at radius 2 is 1.83 bits per heavy atom. The summed E-state index contributed by atoms with van der Waals surface area (Å²) >= 11 is 1.68. The molecule has 0 aliphatic heterocycles. The average molecular weight is 523 g/mol. The van der Waals surface area contributed by atoms with E-state index in [1.807, 2.05) is 30.5 Å². The Kier molecular flexibility index (Phi) is 8.84. The molecule has 3 aromatic rings. The van der Waals surface area contributed by atoms with Crippen molar-refractivity contribution in [2.24, 2.45) is 4.99 Å². The average Bonchev–Trinajstić information content (AvgIpc) is 3.10. The van der Waals surface area contributed by atoms with Gasteiger partial charge in [0, 0.05) is 36.9 Å². The Balaban J connectivity index is 0.00000300. The second kappa shape index (κ2) is 11.1. The molecule has 2 aromatic heterocycles. The van der Waals surface area contributed by atoms with E-state index in [1.165, 1.54) is 16.0 Å². The lowest BCUT2D eigenvalue weighted by atomic mass is 10.1. The first-order chi connectivity index (χ1) is 13.5. The van der Waals surface area contributed by atoms with Gasteiger partial charge < -0.3 is 15.4 Å². The molecule has 0 bridgehead atoms. The fraction of sp³-hybridized carbons (Fsp3) is 0.286. The van der Waals surface area contributed by atoms with Gasteiger partial charge in [-0.05, 0) is 55.7 Å². The van der Waals surface area contributed by atoms with Gasteiger partial charge in [0.15, 0.2) is 5.96 Å². The highest BCUT2D eigenvalue weighted by Gasteiger charge is 2.05. The van der Waals surface area contributed by atoms with Crippen LogP contribution < -0.4 is 15.4 Å². The maximum Gasteiger partial charge on any atom is 0.219 e. The van der Waals surface area contributed by atoms with Crippen LogP contribution in [0.4, 0.5) is 0 Å². The summed E-state index contributed by atoms with van der Waals surface area (Å²) < 4.78 is 5.90. The number of hydrogen-bond donors (Lipinski definition) is 2. The highest BCUT2D eigenvalue weighted by atomic mass is 127. The highest BCUT2D eigenvalue weighted by molar-refractivity contribution is 14.0. The van der Waals surface area contributed by atoms with Crippen LogP contribution in [0.5, 0.6) is 11.6 Å². The van der Waals surface area contributed by atoms with Gasteiger partial charge in [-0.25, -0.2) is 9.97 Å². The summed E-state index contributed by atoms with van der Waals surface area (Å²) in [6, 6.07) is 9.92. The van der Waals surface area contributed by atoms with Crippen molar-refractivity contribution in [3.63, 3.8) is 0 Å². The van der Waals surface area contributed by atoms with Gasteiger partial charge in [-0.2, -0.15) is 0 Å². The zero-order valence-electron chi connectivity index (χ0n) is 17.0. The summed E-state index contributed by atoms with van der Waals surface area (Å²) in [5.41, 5.74) is 3.49. The van der Waals surface area contributed by atoms with Crippen LogP contribution in [0.25, 0.3) is 0 Å². The topological polar surface area (TPSA) is 71.4 Å². The minimum atomic E-state index is 0. The van der Waals surface area contributed by atoms with Crippen LogP contribution in [0.1, 0.15) is 26.6 Å². The summed E-state index contributed by atoms with van der Waals surface area (Å²) in [4.78, 5) is 14.1. The van der Waals surface area contributed by atoms with E-state index in [9.17, 15) is 0 Å². The van der Waals surface area contributed by atoms with E-state index in [0.717, 1.165) is 22.3 Å². The van der Waals surface area contributed by atoms with Crippen molar-refractivity contribution < 1.29 is 4.74 Å². The van der Waals surface area contributed by atoms with E-state index in [1.54, 1.807) is 24.6 Å². The lowest BCUT2D eigenvalue weighted by Gasteiger charge is -2.12. The second-order valence-corrected chi connectivity index (χ2v) is 7.81. The van der Waals surface area contributed by atoms with E-state index in [4.69, 9.17) is 4.74 Å². The normalized spacial score (nSPS) is 11.0. The summed E-state index contributed by atoms with van der Waals surface area (Å²) in [5.74, 6) is 2.09. The molecule has 0 aliphatic rings. The molecule has 0 saturated heterocycles. The maximum atomic E-state index is 5.90. The minimum Gasteiger partial charge on any atom is -0.439 e. The number of aromatic nitrogens is 2. The van der Waals surface area contributed by atoms with Crippen LogP contribution >= 0.6 is 35.3 Å². The maximum absolute atomic E-state index is 5.90. The van der Waals surface area contributed by atoms with Crippen LogP contribution in [0.3, 0.4) is 0 Å². The predicted octanol–water partition coefficient (Wildman–Crippen LogP) is 4.74. The summed E-state index contributed by atoms with van der Waals surface area (Å²) in [5, 5.41) is 7.61. The van der Waals surface area contributed by atoms with E-state index in [2.05, 4.69) is 52.4 Å². The molecule has 3 rings (SSSR count). The van der Waals surface area contributed by atoms with Crippen LogP contribution in [0.2, 0.25) is 0 Å². The Labute approximate surface area is 192 Å². The van der Waals surface area contributed by atoms with E-state index in [-0.39, 0.29) is 24.0 Å². The number of aliphatic imine (C=N–C) groups is 1. The molecule has 0 unspecified atom stereocenters. The number of nitrogens with zero attached hydrogens (tertiary/aromatic N) is 3. The third kappa shape index (κ3) is 6.97. The SMILES string of the molecule is CN=C(NCc1ccnc(Oc2ccc(C)c(C)c2)c1)NCc1ncc(C)s1.I. The molecule has 0 radical (unpaired) electrons. The molecule has 0 atom stereocenters. The van der Waals surface area contributed by atoms with Gasteiger partial charge >= 0.3 is 0 Å². The van der Waals surface area contributed by atoms with Gasteiger partial charge in [0.1, 0.15) is 10.8 Å². The number of aryl methyl sites for hydroxylation is 3. The molecule has 2 N–H and O–H groups in total. The molecule has 0 spiro atoms. The van der Waals surface area contributed by atoms with Gasteiger partial charge in [-0.1, -0.05) is 6.07 Å². The van der Waals surface area contributed by atoms with Gasteiger partial charge in [-0.15, -0.1) is 35.3 Å². The first kappa shape index (κ1) is 23.1. The molecule has 2 heterocycles. The van der Waals surface area contributed by atoms with E-state index in [0.29, 0.717) is 19.0 Å². The first-order valence-electron chi connectivity index (χ1n) is 9.09. The third-order valence-electron chi connectivity index (χ3n) is 4.26.